The summed E-state index contributed by atoms with van der Waals surface area (Å²) in [6.07, 6.45) is 2.72. The van der Waals surface area contributed by atoms with Gasteiger partial charge in [-0.25, -0.2) is 4.58 Å². The van der Waals surface area contributed by atoms with Crippen LogP contribution in [-0.4, -0.2) is 23.4 Å². The standard InChI is InChI=1S/C10H20N/c1-5-11-8-6-7-10(3,4)9(11)2/h5-8H2,1-4H3/q+1. The molecule has 1 aliphatic heterocycles. The fourth-order valence-corrected chi connectivity index (χ4v) is 1.88. The quantitative estimate of drug-likeness (QED) is 0.510. The molecule has 0 saturated carbocycles. The van der Waals surface area contributed by atoms with E-state index in [1.807, 2.05) is 0 Å². The maximum Gasteiger partial charge on any atom is 0.154 e. The summed E-state index contributed by atoms with van der Waals surface area (Å²) in [6, 6.07) is 0. The van der Waals surface area contributed by atoms with Crippen LogP contribution < -0.4 is 0 Å². The van der Waals surface area contributed by atoms with Gasteiger partial charge in [0.1, 0.15) is 13.1 Å². The molecule has 0 aromatic rings. The van der Waals surface area contributed by atoms with Crippen LogP contribution in [0.25, 0.3) is 0 Å². The molecule has 1 nitrogen and oxygen atoms in total. The van der Waals surface area contributed by atoms with Crippen molar-refractivity contribution in [3.8, 4) is 0 Å². The van der Waals surface area contributed by atoms with Crippen LogP contribution >= 0.6 is 0 Å². The first-order valence-electron chi connectivity index (χ1n) is 4.67. The van der Waals surface area contributed by atoms with E-state index >= 15 is 0 Å². The van der Waals surface area contributed by atoms with Crippen LogP contribution in [0, 0.1) is 5.41 Å². The van der Waals surface area contributed by atoms with Crippen LogP contribution in [0.4, 0.5) is 0 Å². The van der Waals surface area contributed by atoms with Crippen molar-refractivity contribution >= 4 is 5.71 Å². The average molecular weight is 154 g/mol. The van der Waals surface area contributed by atoms with E-state index in [9.17, 15) is 0 Å². The largest absolute Gasteiger partial charge is 0.237 e. The van der Waals surface area contributed by atoms with E-state index in [0.29, 0.717) is 5.41 Å². The molecule has 11 heavy (non-hydrogen) atoms. The lowest BCUT2D eigenvalue weighted by molar-refractivity contribution is -0.534. The molecule has 0 bridgehead atoms. The van der Waals surface area contributed by atoms with Crippen molar-refractivity contribution in [2.45, 2.75) is 40.5 Å². The zero-order chi connectivity index (χ0) is 8.48. The molecule has 0 aromatic carbocycles. The minimum atomic E-state index is 0.453. The Morgan fingerprint density at radius 1 is 1.45 bits per heavy atom. The minimum Gasteiger partial charge on any atom is -0.237 e. The summed E-state index contributed by atoms with van der Waals surface area (Å²) >= 11 is 0. The van der Waals surface area contributed by atoms with Gasteiger partial charge in [0, 0.05) is 18.8 Å². The van der Waals surface area contributed by atoms with E-state index in [1.54, 1.807) is 5.71 Å². The molecule has 0 spiro atoms. The molecule has 1 aliphatic rings. The molecule has 0 atom stereocenters. The second-order valence-corrected chi connectivity index (χ2v) is 4.15. The zero-order valence-electron chi connectivity index (χ0n) is 8.28. The highest BCUT2D eigenvalue weighted by Crippen LogP contribution is 2.27. The Balaban J connectivity index is 2.89. The fraction of sp³-hybridized carbons (Fsp3) is 0.900. The number of rotatable bonds is 1. The van der Waals surface area contributed by atoms with Crippen molar-refractivity contribution in [3.05, 3.63) is 0 Å². The third-order valence-corrected chi connectivity index (χ3v) is 3.07. The lowest BCUT2D eigenvalue weighted by Gasteiger charge is -2.27. The zero-order valence-corrected chi connectivity index (χ0v) is 8.28. The molecule has 0 radical (unpaired) electrons. The lowest BCUT2D eigenvalue weighted by Crippen LogP contribution is -2.37. The first-order valence-corrected chi connectivity index (χ1v) is 4.67. The third kappa shape index (κ3) is 1.63. The average Bonchev–Trinajstić information content (AvgIpc) is 1.95. The molecule has 0 saturated heterocycles. The summed E-state index contributed by atoms with van der Waals surface area (Å²) in [5.74, 6) is 0. The van der Waals surface area contributed by atoms with Gasteiger partial charge in [-0.05, 0) is 13.3 Å². The van der Waals surface area contributed by atoms with Crippen LogP contribution in [-0.2, 0) is 0 Å². The summed E-state index contributed by atoms with van der Waals surface area (Å²) in [5.41, 5.74) is 2.03. The van der Waals surface area contributed by atoms with E-state index < -0.39 is 0 Å². The molecule has 1 heteroatoms. The predicted molar refractivity (Wildman–Crippen MR) is 49.4 cm³/mol. The second kappa shape index (κ2) is 2.96. The van der Waals surface area contributed by atoms with E-state index in [1.165, 1.54) is 25.9 Å². The molecular formula is C10H20N+. The Labute approximate surface area is 70.1 Å². The predicted octanol–water partition coefficient (Wildman–Crippen LogP) is 2.30. The van der Waals surface area contributed by atoms with Gasteiger partial charge in [0.25, 0.3) is 0 Å². The molecule has 0 unspecified atom stereocenters. The number of nitrogens with zero attached hydrogens (tertiary/aromatic N) is 1. The van der Waals surface area contributed by atoms with Gasteiger partial charge in [0.15, 0.2) is 5.71 Å². The van der Waals surface area contributed by atoms with Gasteiger partial charge >= 0.3 is 0 Å². The molecule has 64 valence electrons. The summed E-state index contributed by atoms with van der Waals surface area (Å²) in [6.45, 7) is 11.7. The first kappa shape index (κ1) is 8.76. The van der Waals surface area contributed by atoms with Crippen molar-refractivity contribution < 1.29 is 4.58 Å². The Morgan fingerprint density at radius 2 is 2.09 bits per heavy atom. The molecular weight excluding hydrogens is 134 g/mol. The summed E-state index contributed by atoms with van der Waals surface area (Å²) < 4.78 is 2.50. The van der Waals surface area contributed by atoms with Crippen LogP contribution in [0.2, 0.25) is 0 Å². The highest BCUT2D eigenvalue weighted by molar-refractivity contribution is 5.83. The molecule has 0 amide bonds. The van der Waals surface area contributed by atoms with Gasteiger partial charge < -0.3 is 0 Å². The van der Waals surface area contributed by atoms with Crippen LogP contribution in [0.15, 0.2) is 0 Å². The van der Waals surface area contributed by atoms with E-state index in [0.717, 1.165) is 0 Å². The molecule has 0 aromatic heterocycles. The normalized spacial score (nSPS) is 24.0. The topological polar surface area (TPSA) is 3.01 Å². The smallest absolute Gasteiger partial charge is 0.154 e. The maximum atomic E-state index is 2.50. The molecule has 1 rings (SSSR count). The molecule has 0 N–H and O–H groups in total. The highest BCUT2D eigenvalue weighted by atomic mass is 15.0. The van der Waals surface area contributed by atoms with Crippen LogP contribution in [0.3, 0.4) is 0 Å². The van der Waals surface area contributed by atoms with E-state index in [2.05, 4.69) is 32.3 Å². The third-order valence-electron chi connectivity index (χ3n) is 3.07. The molecule has 0 aliphatic carbocycles. The van der Waals surface area contributed by atoms with E-state index in [4.69, 9.17) is 0 Å². The van der Waals surface area contributed by atoms with Gasteiger partial charge in [0.2, 0.25) is 0 Å². The Bertz CT molecular complexity index is 177. The number of hydrogen-bond donors (Lipinski definition) is 0. The summed E-state index contributed by atoms with van der Waals surface area (Å²) in [7, 11) is 0. The number of hydrogen-bond acceptors (Lipinski definition) is 0. The van der Waals surface area contributed by atoms with Gasteiger partial charge in [-0.3, -0.25) is 0 Å². The van der Waals surface area contributed by atoms with Gasteiger partial charge in [-0.2, -0.15) is 0 Å². The van der Waals surface area contributed by atoms with Gasteiger partial charge in [-0.15, -0.1) is 0 Å². The Morgan fingerprint density at radius 3 is 2.55 bits per heavy atom. The van der Waals surface area contributed by atoms with Crippen molar-refractivity contribution in [3.63, 3.8) is 0 Å². The van der Waals surface area contributed by atoms with Gasteiger partial charge in [-0.1, -0.05) is 13.8 Å². The van der Waals surface area contributed by atoms with Crippen molar-refractivity contribution in [1.29, 1.82) is 0 Å². The lowest BCUT2D eigenvalue weighted by atomic mass is 9.81. The Hall–Kier alpha value is -0.330. The minimum absolute atomic E-state index is 0.453. The second-order valence-electron chi connectivity index (χ2n) is 4.15. The highest BCUT2D eigenvalue weighted by Gasteiger charge is 2.32. The van der Waals surface area contributed by atoms with E-state index in [-0.39, 0.29) is 0 Å². The molecule has 0 fully saturated rings. The van der Waals surface area contributed by atoms with Gasteiger partial charge in [0.05, 0.1) is 0 Å². The van der Waals surface area contributed by atoms with Crippen molar-refractivity contribution in [2.75, 3.05) is 13.1 Å². The van der Waals surface area contributed by atoms with Crippen LogP contribution in [0.1, 0.15) is 40.5 Å². The summed E-state index contributed by atoms with van der Waals surface area (Å²) in [5, 5.41) is 0. The van der Waals surface area contributed by atoms with Crippen LogP contribution in [0.5, 0.6) is 0 Å². The summed E-state index contributed by atoms with van der Waals surface area (Å²) in [4.78, 5) is 0. The molecule has 1 heterocycles. The van der Waals surface area contributed by atoms with Crippen molar-refractivity contribution in [2.24, 2.45) is 5.41 Å². The fourth-order valence-electron chi connectivity index (χ4n) is 1.88. The SMILES string of the molecule is CC[N+]1=C(C)C(C)(C)CCC1. The monoisotopic (exact) mass is 154 g/mol. The van der Waals surface area contributed by atoms with Crippen molar-refractivity contribution in [1.82, 2.24) is 0 Å². The Kier molecular flexibility index (Phi) is 2.36. The first-order chi connectivity index (χ1) is 5.08. The maximum absolute atomic E-state index is 2.50.